The van der Waals surface area contributed by atoms with Gasteiger partial charge in [-0.3, -0.25) is 4.79 Å². The van der Waals surface area contributed by atoms with Gasteiger partial charge in [0.25, 0.3) is 5.56 Å². The molecule has 0 amide bonds. The minimum Gasteiger partial charge on any atom is -0.328 e. The average molecular weight is 409 g/mol. The molecule has 0 atom stereocenters. The molecule has 4 aromatic rings. The van der Waals surface area contributed by atoms with E-state index < -0.39 is 11.6 Å². The van der Waals surface area contributed by atoms with E-state index in [1.807, 2.05) is 0 Å². The summed E-state index contributed by atoms with van der Waals surface area (Å²) in [5.74, 6) is -1.42. The van der Waals surface area contributed by atoms with Crippen molar-refractivity contribution in [1.82, 2.24) is 14.6 Å². The maximum absolute atomic E-state index is 13.7. The number of nitrogens with one attached hydrogen (secondary N) is 1. The van der Waals surface area contributed by atoms with E-state index in [1.165, 1.54) is 6.07 Å². The highest BCUT2D eigenvalue weighted by atomic mass is 79.9. The van der Waals surface area contributed by atoms with Gasteiger partial charge in [-0.05, 0) is 30.3 Å². The number of rotatable bonds is 2. The number of fused-ring (bicyclic) bond motifs is 2. The summed E-state index contributed by atoms with van der Waals surface area (Å²) < 4.78 is 28.6. The van der Waals surface area contributed by atoms with E-state index in [9.17, 15) is 13.6 Å². The molecule has 2 heterocycles. The van der Waals surface area contributed by atoms with Gasteiger partial charge in [-0.25, -0.2) is 13.8 Å². The van der Waals surface area contributed by atoms with Crippen LogP contribution in [0, 0.1) is 11.6 Å². The standard InChI is InChI=1S/C15H7BrF2N4OS/c16-7-1-3-11-9(5-7)13(23)22-15(20-11)24-14(21-22)19-12-4-2-8(17)6-10(12)18/h1-6H,(H,19,21). The molecule has 5 nitrogen and oxygen atoms in total. The fraction of sp³-hybridized carbons (Fsp3) is 0. The second-order valence-electron chi connectivity index (χ2n) is 4.93. The summed E-state index contributed by atoms with van der Waals surface area (Å²) in [6, 6.07) is 8.36. The van der Waals surface area contributed by atoms with Crippen molar-refractivity contribution in [1.29, 1.82) is 0 Å². The molecule has 0 spiro atoms. The van der Waals surface area contributed by atoms with Crippen LogP contribution in [0.3, 0.4) is 0 Å². The molecular weight excluding hydrogens is 402 g/mol. The van der Waals surface area contributed by atoms with Crippen molar-refractivity contribution in [2.24, 2.45) is 0 Å². The summed E-state index contributed by atoms with van der Waals surface area (Å²) in [5.41, 5.74) is 0.294. The minimum atomic E-state index is -0.747. The number of hydrogen-bond donors (Lipinski definition) is 1. The number of aromatic nitrogens is 3. The number of benzene rings is 2. The molecule has 0 aliphatic carbocycles. The molecule has 0 fully saturated rings. The van der Waals surface area contributed by atoms with Gasteiger partial charge in [0.1, 0.15) is 11.6 Å². The van der Waals surface area contributed by atoms with Crippen LogP contribution in [0.1, 0.15) is 0 Å². The Bertz CT molecular complexity index is 1160. The normalized spacial score (nSPS) is 11.3. The van der Waals surface area contributed by atoms with Gasteiger partial charge in [-0.15, -0.1) is 5.10 Å². The molecule has 4 rings (SSSR count). The third kappa shape index (κ3) is 2.55. The Morgan fingerprint density at radius 2 is 2.00 bits per heavy atom. The first-order chi connectivity index (χ1) is 11.5. The van der Waals surface area contributed by atoms with E-state index in [0.717, 1.165) is 32.5 Å². The molecule has 0 radical (unpaired) electrons. The Morgan fingerprint density at radius 1 is 1.17 bits per heavy atom. The number of nitrogens with zero attached hydrogens (tertiary/aromatic N) is 3. The third-order valence-electron chi connectivity index (χ3n) is 3.33. The Balaban J connectivity index is 1.84. The molecule has 120 valence electrons. The van der Waals surface area contributed by atoms with E-state index in [4.69, 9.17) is 0 Å². The molecule has 0 aliphatic heterocycles. The molecule has 2 aromatic carbocycles. The van der Waals surface area contributed by atoms with Crippen LogP contribution in [0.5, 0.6) is 0 Å². The van der Waals surface area contributed by atoms with Gasteiger partial charge in [0, 0.05) is 10.5 Å². The molecule has 2 aromatic heterocycles. The monoisotopic (exact) mass is 408 g/mol. The summed E-state index contributed by atoms with van der Waals surface area (Å²) in [4.78, 5) is 17.3. The summed E-state index contributed by atoms with van der Waals surface area (Å²) in [6.07, 6.45) is 0. The van der Waals surface area contributed by atoms with Gasteiger partial charge >= 0.3 is 0 Å². The van der Waals surface area contributed by atoms with Crippen molar-refractivity contribution >= 4 is 53.9 Å². The fourth-order valence-electron chi connectivity index (χ4n) is 2.24. The summed E-state index contributed by atoms with van der Waals surface area (Å²) in [7, 11) is 0. The Labute approximate surface area is 145 Å². The Morgan fingerprint density at radius 3 is 2.79 bits per heavy atom. The van der Waals surface area contributed by atoms with E-state index in [1.54, 1.807) is 18.2 Å². The lowest BCUT2D eigenvalue weighted by atomic mass is 10.2. The molecule has 24 heavy (non-hydrogen) atoms. The fourth-order valence-corrected chi connectivity index (χ4v) is 3.41. The molecule has 0 bridgehead atoms. The van der Waals surface area contributed by atoms with Gasteiger partial charge in [0.2, 0.25) is 10.1 Å². The average Bonchev–Trinajstić information content (AvgIpc) is 2.94. The van der Waals surface area contributed by atoms with Crippen LogP contribution in [0.2, 0.25) is 0 Å². The Kier molecular flexibility index (Phi) is 3.54. The third-order valence-corrected chi connectivity index (χ3v) is 4.65. The lowest BCUT2D eigenvalue weighted by Gasteiger charge is -2.02. The van der Waals surface area contributed by atoms with E-state index in [0.29, 0.717) is 15.9 Å². The smallest absolute Gasteiger partial charge is 0.283 e. The van der Waals surface area contributed by atoms with Crippen molar-refractivity contribution in [3.8, 4) is 0 Å². The molecule has 1 N–H and O–H groups in total. The molecule has 0 unspecified atom stereocenters. The van der Waals surface area contributed by atoms with Gasteiger partial charge in [0.05, 0.1) is 16.6 Å². The molecule has 9 heteroatoms. The zero-order chi connectivity index (χ0) is 16.8. The van der Waals surface area contributed by atoms with Crippen molar-refractivity contribution < 1.29 is 8.78 Å². The first-order valence-corrected chi connectivity index (χ1v) is 8.33. The van der Waals surface area contributed by atoms with Crippen molar-refractivity contribution in [2.75, 3.05) is 5.32 Å². The lowest BCUT2D eigenvalue weighted by molar-refractivity contribution is 0.586. The van der Waals surface area contributed by atoms with Crippen LogP contribution in [-0.2, 0) is 0 Å². The molecule has 0 saturated carbocycles. The highest BCUT2D eigenvalue weighted by Crippen LogP contribution is 2.25. The van der Waals surface area contributed by atoms with Crippen molar-refractivity contribution in [3.05, 3.63) is 62.9 Å². The topological polar surface area (TPSA) is 59.3 Å². The summed E-state index contributed by atoms with van der Waals surface area (Å²) in [5, 5.41) is 7.56. The quantitative estimate of drug-likeness (QED) is 0.542. The van der Waals surface area contributed by atoms with Crippen molar-refractivity contribution in [3.63, 3.8) is 0 Å². The Hall–Kier alpha value is -2.39. The van der Waals surface area contributed by atoms with E-state index in [-0.39, 0.29) is 16.4 Å². The summed E-state index contributed by atoms with van der Waals surface area (Å²) in [6.45, 7) is 0. The van der Waals surface area contributed by atoms with Crippen LogP contribution in [0.25, 0.3) is 15.9 Å². The second-order valence-corrected chi connectivity index (χ2v) is 6.80. The van der Waals surface area contributed by atoms with Gasteiger partial charge in [-0.1, -0.05) is 27.3 Å². The van der Waals surface area contributed by atoms with Gasteiger partial charge in [-0.2, -0.15) is 4.52 Å². The largest absolute Gasteiger partial charge is 0.328 e. The van der Waals surface area contributed by atoms with Gasteiger partial charge in [0.15, 0.2) is 0 Å². The van der Waals surface area contributed by atoms with Crippen LogP contribution in [0.15, 0.2) is 45.7 Å². The highest BCUT2D eigenvalue weighted by molar-refractivity contribution is 9.10. The maximum Gasteiger partial charge on any atom is 0.283 e. The zero-order valence-electron chi connectivity index (χ0n) is 11.8. The van der Waals surface area contributed by atoms with Gasteiger partial charge < -0.3 is 5.32 Å². The summed E-state index contributed by atoms with van der Waals surface area (Å²) >= 11 is 4.41. The number of anilines is 2. The molecule has 0 saturated heterocycles. The zero-order valence-corrected chi connectivity index (χ0v) is 14.2. The van der Waals surface area contributed by atoms with Crippen molar-refractivity contribution in [2.45, 2.75) is 0 Å². The van der Waals surface area contributed by atoms with Crippen LogP contribution >= 0.6 is 27.3 Å². The maximum atomic E-state index is 13.7. The second kappa shape index (κ2) is 5.60. The molecule has 0 aliphatic rings. The lowest BCUT2D eigenvalue weighted by Crippen LogP contribution is -2.15. The van der Waals surface area contributed by atoms with Crippen LogP contribution in [-0.4, -0.2) is 14.6 Å². The number of hydrogen-bond acceptors (Lipinski definition) is 5. The number of halogens is 3. The minimum absolute atomic E-state index is 0.0656. The van der Waals surface area contributed by atoms with Crippen LogP contribution in [0.4, 0.5) is 19.6 Å². The SMILES string of the molecule is O=c1c2cc(Br)ccc2nc2sc(Nc3ccc(F)cc3F)nn12. The predicted molar refractivity (Wildman–Crippen MR) is 92.0 cm³/mol. The first-order valence-electron chi connectivity index (χ1n) is 6.72. The van der Waals surface area contributed by atoms with E-state index >= 15 is 0 Å². The van der Waals surface area contributed by atoms with Crippen LogP contribution < -0.4 is 10.9 Å². The highest BCUT2D eigenvalue weighted by Gasteiger charge is 2.13. The van der Waals surface area contributed by atoms with E-state index in [2.05, 4.69) is 31.3 Å². The predicted octanol–water partition coefficient (Wildman–Crippen LogP) is 4.09. The molecular formula is C15H7BrF2N4OS. The first kappa shape index (κ1) is 15.2.